The molecule has 0 unspecified atom stereocenters. The first-order chi connectivity index (χ1) is 21.9. The highest BCUT2D eigenvalue weighted by Gasteiger charge is 2.50. The van der Waals surface area contributed by atoms with Crippen LogP contribution in [0.5, 0.6) is 11.5 Å². The van der Waals surface area contributed by atoms with Gasteiger partial charge in [0.1, 0.15) is 11.5 Å². The topological polar surface area (TPSA) is 110 Å². The number of phenolic OH excluding ortho intramolecular Hbond substituents is 1. The van der Waals surface area contributed by atoms with Crippen LogP contribution in [0.25, 0.3) is 11.1 Å². The summed E-state index contributed by atoms with van der Waals surface area (Å²) in [4.78, 5) is 25.2. The highest BCUT2D eigenvalue weighted by atomic mass is 32.2. The van der Waals surface area contributed by atoms with E-state index < -0.39 is 44.5 Å². The fourth-order valence-electron chi connectivity index (χ4n) is 6.43. The molecule has 8 nitrogen and oxygen atoms in total. The normalized spacial score (nSPS) is 17.9. The number of esters is 1. The minimum absolute atomic E-state index is 0.0609. The summed E-state index contributed by atoms with van der Waals surface area (Å²) < 4.78 is 43.8. The fourth-order valence-corrected chi connectivity index (χ4v) is 8.72. The molecule has 3 aromatic carbocycles. The molecule has 1 aliphatic heterocycles. The lowest BCUT2D eigenvalue weighted by Crippen LogP contribution is -2.45. The van der Waals surface area contributed by atoms with E-state index in [-0.39, 0.29) is 34.1 Å². The van der Waals surface area contributed by atoms with Gasteiger partial charge in [-0.15, -0.1) is 0 Å². The van der Waals surface area contributed by atoms with Crippen molar-refractivity contribution in [1.29, 1.82) is 0 Å². The van der Waals surface area contributed by atoms with Crippen molar-refractivity contribution in [3.8, 4) is 22.6 Å². The lowest BCUT2D eigenvalue weighted by Gasteiger charge is -2.36. The molecule has 0 aliphatic carbocycles. The van der Waals surface area contributed by atoms with Gasteiger partial charge in [-0.25, -0.2) is 8.42 Å². The van der Waals surface area contributed by atoms with Crippen LogP contribution in [0.3, 0.4) is 0 Å². The minimum Gasteiger partial charge on any atom is -0.507 e. The second-order valence-electron chi connectivity index (χ2n) is 16.2. The van der Waals surface area contributed by atoms with Gasteiger partial charge in [0.15, 0.2) is 12.5 Å². The summed E-state index contributed by atoms with van der Waals surface area (Å²) in [6.07, 6.45) is -0.573. The minimum atomic E-state index is -4.19. The molecule has 48 heavy (non-hydrogen) atoms. The molecule has 260 valence electrons. The molecule has 1 saturated heterocycles. The van der Waals surface area contributed by atoms with Gasteiger partial charge in [-0.05, 0) is 83.5 Å². The molecular formula is C39H51NO7S. The number of phenols is 1. The molecule has 0 bridgehead atoms. The molecule has 4 rings (SSSR count). The Balaban J connectivity index is 2.16. The van der Waals surface area contributed by atoms with Gasteiger partial charge in [-0.2, -0.15) is 4.31 Å². The van der Waals surface area contributed by atoms with E-state index in [0.717, 1.165) is 16.7 Å². The highest BCUT2D eigenvalue weighted by molar-refractivity contribution is 7.89. The molecule has 2 atom stereocenters. The van der Waals surface area contributed by atoms with E-state index >= 15 is 0 Å². The van der Waals surface area contributed by atoms with Crippen molar-refractivity contribution in [3.63, 3.8) is 0 Å². The average Bonchev–Trinajstić information content (AvgIpc) is 3.38. The number of rotatable bonds is 6. The van der Waals surface area contributed by atoms with Gasteiger partial charge in [-0.1, -0.05) is 80.0 Å². The predicted octanol–water partition coefficient (Wildman–Crippen LogP) is 8.45. The van der Waals surface area contributed by atoms with E-state index in [1.165, 1.54) is 11.2 Å². The smallest absolute Gasteiger partial charge is 0.308 e. The summed E-state index contributed by atoms with van der Waals surface area (Å²) in [5.41, 5.74) is 3.46. The maximum Gasteiger partial charge on any atom is 0.308 e. The fraction of sp³-hybridized carbons (Fsp3) is 0.487. The van der Waals surface area contributed by atoms with Crippen LogP contribution in [0, 0.1) is 26.2 Å². The number of ether oxygens (including phenoxy) is 2. The molecule has 9 heteroatoms. The van der Waals surface area contributed by atoms with E-state index in [0.29, 0.717) is 28.5 Å². The Kier molecular flexibility index (Phi) is 9.89. The van der Waals surface area contributed by atoms with Crippen LogP contribution in [-0.4, -0.2) is 42.7 Å². The van der Waals surface area contributed by atoms with Gasteiger partial charge in [-0.3, -0.25) is 9.59 Å². The number of carbonyl (C=O) groups excluding carboxylic acids is 2. The quantitative estimate of drug-likeness (QED) is 0.158. The Hall–Kier alpha value is -3.53. The first-order valence-electron chi connectivity index (χ1n) is 16.3. The Morgan fingerprint density at radius 3 is 1.88 bits per heavy atom. The number of hydrogen-bond acceptors (Lipinski definition) is 7. The van der Waals surface area contributed by atoms with Gasteiger partial charge < -0.3 is 14.6 Å². The van der Waals surface area contributed by atoms with Gasteiger partial charge in [0.2, 0.25) is 10.0 Å². The summed E-state index contributed by atoms with van der Waals surface area (Å²) in [7, 11) is -4.19. The van der Waals surface area contributed by atoms with Crippen LogP contribution in [0.1, 0.15) is 119 Å². The molecule has 1 fully saturated rings. The summed E-state index contributed by atoms with van der Waals surface area (Å²) in [5, 5.41) is 11.5. The van der Waals surface area contributed by atoms with Crippen molar-refractivity contribution in [3.05, 3.63) is 75.3 Å². The maximum absolute atomic E-state index is 15.0. The van der Waals surface area contributed by atoms with E-state index in [2.05, 4.69) is 0 Å². The molecule has 1 N–H and O–H groups in total. The zero-order chi connectivity index (χ0) is 36.3. The first kappa shape index (κ1) is 37.3. The van der Waals surface area contributed by atoms with Crippen molar-refractivity contribution < 1.29 is 32.6 Å². The molecular weight excluding hydrogens is 626 g/mol. The number of aryl methyl sites for hydroxylation is 3. The van der Waals surface area contributed by atoms with Gasteiger partial charge in [0.05, 0.1) is 23.1 Å². The third-order valence-electron chi connectivity index (χ3n) is 9.01. The number of aromatic hydroxyl groups is 1. The summed E-state index contributed by atoms with van der Waals surface area (Å²) in [6, 6.07) is 10.3. The number of benzene rings is 3. The number of aldehydes is 1. The van der Waals surface area contributed by atoms with E-state index in [4.69, 9.17) is 9.47 Å². The Morgan fingerprint density at radius 1 is 0.875 bits per heavy atom. The monoisotopic (exact) mass is 677 g/mol. The van der Waals surface area contributed by atoms with E-state index in [1.54, 1.807) is 26.0 Å². The molecule has 0 spiro atoms. The Labute approximate surface area is 286 Å². The van der Waals surface area contributed by atoms with Crippen LogP contribution in [0.2, 0.25) is 0 Å². The zero-order valence-corrected chi connectivity index (χ0v) is 31.5. The third-order valence-corrected chi connectivity index (χ3v) is 11.2. The second kappa shape index (κ2) is 12.7. The molecule has 0 amide bonds. The number of nitrogens with zero attached hydrogens (tertiary/aromatic N) is 1. The van der Waals surface area contributed by atoms with Crippen LogP contribution >= 0.6 is 0 Å². The number of carbonyl (C=O) groups is 2. The highest BCUT2D eigenvalue weighted by Crippen LogP contribution is 2.50. The molecule has 1 heterocycles. The zero-order valence-electron chi connectivity index (χ0n) is 30.7. The summed E-state index contributed by atoms with van der Waals surface area (Å²) in [5.74, 6) is -0.836. The van der Waals surface area contributed by atoms with Crippen molar-refractivity contribution in [2.24, 2.45) is 5.41 Å². The molecule has 0 saturated carbocycles. The maximum atomic E-state index is 15.0. The largest absolute Gasteiger partial charge is 0.507 e. The standard InChI is InChI=1S/C39H51NO7S/c1-22-14-23(2)35(24(3)15-22)48(44,45)40-32(39(11,12)13)21-46-36(40)31-19-28(38(8,9)10)18-30(34(31)47-25(4)42)29-17-27(37(5,6)7)16-26(20-41)33(29)43/h14-20,32,36,43H,21H2,1-13H3/t32-,36+/m1/s1. The van der Waals surface area contributed by atoms with Crippen molar-refractivity contribution in [2.75, 3.05) is 6.61 Å². The molecule has 0 radical (unpaired) electrons. The summed E-state index contributed by atoms with van der Waals surface area (Å²) in [6.45, 7) is 24.9. The summed E-state index contributed by atoms with van der Waals surface area (Å²) >= 11 is 0. The SMILES string of the molecule is CC(=O)Oc1c(-c2cc(C(C)(C)C)cc(C=O)c2O)cc(C(C)(C)C)cc1[C@@H]1OC[C@H](C(C)(C)C)N1S(=O)(=O)c1c(C)cc(C)cc1C. The van der Waals surface area contributed by atoms with Crippen LogP contribution in [0.4, 0.5) is 0 Å². The van der Waals surface area contributed by atoms with Gasteiger partial charge in [0.25, 0.3) is 0 Å². The third kappa shape index (κ3) is 7.09. The van der Waals surface area contributed by atoms with Crippen molar-refractivity contribution in [1.82, 2.24) is 4.31 Å². The average molecular weight is 678 g/mol. The van der Waals surface area contributed by atoms with Crippen LogP contribution < -0.4 is 4.74 Å². The Morgan fingerprint density at radius 2 is 1.40 bits per heavy atom. The lowest BCUT2D eigenvalue weighted by atomic mass is 9.81. The van der Waals surface area contributed by atoms with E-state index in [1.807, 2.05) is 93.5 Å². The van der Waals surface area contributed by atoms with Crippen LogP contribution in [0.15, 0.2) is 41.3 Å². The van der Waals surface area contributed by atoms with Crippen molar-refractivity contribution >= 4 is 22.3 Å². The van der Waals surface area contributed by atoms with Gasteiger partial charge >= 0.3 is 5.97 Å². The molecule has 0 aromatic heterocycles. The predicted molar refractivity (Wildman–Crippen MR) is 189 cm³/mol. The first-order valence-corrected chi connectivity index (χ1v) is 17.8. The number of sulfonamides is 1. The van der Waals surface area contributed by atoms with Crippen molar-refractivity contribution in [2.45, 2.75) is 118 Å². The number of hydrogen-bond donors (Lipinski definition) is 1. The van der Waals surface area contributed by atoms with Crippen LogP contribution in [-0.2, 0) is 30.4 Å². The Bertz CT molecular complexity index is 1850. The van der Waals surface area contributed by atoms with Gasteiger partial charge in [0, 0.05) is 23.6 Å². The van der Waals surface area contributed by atoms with E-state index in [9.17, 15) is 23.1 Å². The molecule has 1 aliphatic rings. The molecule has 3 aromatic rings. The lowest BCUT2D eigenvalue weighted by molar-refractivity contribution is -0.132. The second-order valence-corrected chi connectivity index (χ2v) is 18.0.